The molecule has 0 fully saturated rings. The third-order valence-electron chi connectivity index (χ3n) is 2.76. The van der Waals surface area contributed by atoms with Gasteiger partial charge in [0.2, 0.25) is 0 Å². The summed E-state index contributed by atoms with van der Waals surface area (Å²) in [6, 6.07) is 6.98. The molecule has 0 aliphatic rings. The summed E-state index contributed by atoms with van der Waals surface area (Å²) >= 11 is 1.51. The molecule has 2 rings (SSSR count). The molecule has 0 spiro atoms. The first kappa shape index (κ1) is 13.3. The number of carboxylic acid groups (broad SMARTS) is 1. The summed E-state index contributed by atoms with van der Waals surface area (Å²) in [6.45, 7) is 2.34. The second-order valence-electron chi connectivity index (χ2n) is 4.06. The first-order valence-corrected chi connectivity index (χ1v) is 6.60. The minimum atomic E-state index is -0.981. The van der Waals surface area contributed by atoms with Crippen molar-refractivity contribution in [3.63, 3.8) is 0 Å². The molecule has 0 aliphatic carbocycles. The smallest absolute Gasteiger partial charge is 0.328 e. The van der Waals surface area contributed by atoms with Crippen LogP contribution in [-0.2, 0) is 11.3 Å². The number of aromatic nitrogens is 1. The lowest BCUT2D eigenvalue weighted by molar-refractivity contribution is -0.131. The highest BCUT2D eigenvalue weighted by Crippen LogP contribution is 2.19. The van der Waals surface area contributed by atoms with Crippen LogP contribution in [-0.4, -0.2) is 15.6 Å². The van der Waals surface area contributed by atoms with E-state index in [-0.39, 0.29) is 5.56 Å². The van der Waals surface area contributed by atoms with Gasteiger partial charge in [-0.05, 0) is 36.1 Å². The van der Waals surface area contributed by atoms with Crippen LogP contribution in [0.5, 0.6) is 0 Å². The Morgan fingerprint density at radius 2 is 2.21 bits per heavy atom. The van der Waals surface area contributed by atoms with E-state index < -0.39 is 5.97 Å². The van der Waals surface area contributed by atoms with E-state index in [2.05, 4.69) is 0 Å². The Hall–Kier alpha value is -2.14. The second-order valence-corrected chi connectivity index (χ2v) is 5.06. The van der Waals surface area contributed by atoms with Gasteiger partial charge in [-0.1, -0.05) is 6.07 Å². The summed E-state index contributed by atoms with van der Waals surface area (Å²) in [5.74, 6) is -0.981. The predicted molar refractivity (Wildman–Crippen MR) is 75.5 cm³/mol. The molecule has 1 N–H and O–H groups in total. The van der Waals surface area contributed by atoms with Gasteiger partial charge in [-0.15, -0.1) is 11.3 Å². The Bertz CT molecular complexity index is 682. The molecule has 0 amide bonds. The molecule has 2 aromatic rings. The molecule has 0 aromatic carbocycles. The second kappa shape index (κ2) is 5.67. The highest BCUT2D eigenvalue weighted by molar-refractivity contribution is 7.10. The van der Waals surface area contributed by atoms with Gasteiger partial charge in [0.15, 0.2) is 0 Å². The Kier molecular flexibility index (Phi) is 3.97. The normalized spacial score (nSPS) is 11.0. The van der Waals surface area contributed by atoms with E-state index in [0.717, 1.165) is 22.2 Å². The van der Waals surface area contributed by atoms with Gasteiger partial charge in [0.25, 0.3) is 5.56 Å². The maximum atomic E-state index is 11.8. The molecule has 98 valence electrons. The fourth-order valence-electron chi connectivity index (χ4n) is 1.76. The van der Waals surface area contributed by atoms with Crippen LogP contribution in [0.4, 0.5) is 0 Å². The van der Waals surface area contributed by atoms with E-state index in [1.165, 1.54) is 17.4 Å². The number of pyridine rings is 1. The SMILES string of the molecule is Cc1cccc(=O)n1Cc1sccc1C=CC(=O)O. The number of hydrogen-bond donors (Lipinski definition) is 1. The van der Waals surface area contributed by atoms with Crippen molar-refractivity contribution in [2.45, 2.75) is 13.5 Å². The highest BCUT2D eigenvalue weighted by atomic mass is 32.1. The zero-order valence-electron chi connectivity index (χ0n) is 10.4. The van der Waals surface area contributed by atoms with E-state index in [1.807, 2.05) is 24.4 Å². The Morgan fingerprint density at radius 3 is 2.89 bits per heavy atom. The van der Waals surface area contributed by atoms with Crippen LogP contribution >= 0.6 is 11.3 Å². The fraction of sp³-hybridized carbons (Fsp3) is 0.143. The van der Waals surface area contributed by atoms with Gasteiger partial charge in [-0.2, -0.15) is 0 Å². The maximum absolute atomic E-state index is 11.8. The molecule has 0 radical (unpaired) electrons. The number of carbonyl (C=O) groups is 1. The van der Waals surface area contributed by atoms with Crippen LogP contribution in [0.1, 0.15) is 16.1 Å². The molecule has 2 heterocycles. The molecular weight excluding hydrogens is 262 g/mol. The first-order valence-electron chi connectivity index (χ1n) is 5.72. The van der Waals surface area contributed by atoms with Gasteiger partial charge in [0.05, 0.1) is 6.54 Å². The van der Waals surface area contributed by atoms with Crippen molar-refractivity contribution in [1.29, 1.82) is 0 Å². The zero-order valence-corrected chi connectivity index (χ0v) is 11.2. The third-order valence-corrected chi connectivity index (χ3v) is 3.68. The molecule has 0 saturated carbocycles. The summed E-state index contributed by atoms with van der Waals surface area (Å²) in [5.41, 5.74) is 1.66. The molecule has 0 atom stereocenters. The molecule has 4 nitrogen and oxygen atoms in total. The van der Waals surface area contributed by atoms with Gasteiger partial charge in [0, 0.05) is 22.7 Å². The quantitative estimate of drug-likeness (QED) is 0.871. The Labute approximate surface area is 114 Å². The van der Waals surface area contributed by atoms with Gasteiger partial charge in [-0.25, -0.2) is 4.79 Å². The number of nitrogens with zero attached hydrogens (tertiary/aromatic N) is 1. The van der Waals surface area contributed by atoms with Crippen LogP contribution < -0.4 is 5.56 Å². The van der Waals surface area contributed by atoms with Gasteiger partial charge in [0.1, 0.15) is 0 Å². The summed E-state index contributed by atoms with van der Waals surface area (Å²) in [5, 5.41) is 10.5. The maximum Gasteiger partial charge on any atom is 0.328 e. The van der Waals surface area contributed by atoms with Gasteiger partial charge in [-0.3, -0.25) is 4.79 Å². The van der Waals surface area contributed by atoms with Crippen molar-refractivity contribution < 1.29 is 9.90 Å². The average molecular weight is 275 g/mol. The number of aryl methyl sites for hydroxylation is 1. The topological polar surface area (TPSA) is 59.3 Å². The van der Waals surface area contributed by atoms with E-state index >= 15 is 0 Å². The summed E-state index contributed by atoms with van der Waals surface area (Å²) in [7, 11) is 0. The fourth-order valence-corrected chi connectivity index (χ4v) is 2.61. The molecule has 0 bridgehead atoms. The molecule has 2 aromatic heterocycles. The number of carboxylic acids is 1. The van der Waals surface area contributed by atoms with E-state index in [9.17, 15) is 9.59 Å². The molecule has 0 unspecified atom stereocenters. The molecule has 5 heteroatoms. The van der Waals surface area contributed by atoms with Crippen LogP contribution in [0.15, 0.2) is 40.5 Å². The molecule has 0 aliphatic heterocycles. The predicted octanol–water partition coefficient (Wildman–Crippen LogP) is 2.36. The van der Waals surface area contributed by atoms with Crippen molar-refractivity contribution in [2.24, 2.45) is 0 Å². The summed E-state index contributed by atoms with van der Waals surface area (Å²) < 4.78 is 1.67. The van der Waals surface area contributed by atoms with E-state index in [4.69, 9.17) is 5.11 Å². The first-order chi connectivity index (χ1) is 9.08. The van der Waals surface area contributed by atoms with Crippen LogP contribution in [0, 0.1) is 6.92 Å². The van der Waals surface area contributed by atoms with Crippen molar-refractivity contribution in [3.8, 4) is 0 Å². The van der Waals surface area contributed by atoms with Gasteiger partial charge >= 0.3 is 5.97 Å². The molecular formula is C14H13NO3S. The van der Waals surface area contributed by atoms with Gasteiger partial charge < -0.3 is 9.67 Å². The minimum absolute atomic E-state index is 0.0541. The van der Waals surface area contributed by atoms with Crippen LogP contribution in [0.25, 0.3) is 6.08 Å². The van der Waals surface area contributed by atoms with Crippen LogP contribution in [0.2, 0.25) is 0 Å². The molecule has 19 heavy (non-hydrogen) atoms. The Balaban J connectivity index is 2.32. The van der Waals surface area contributed by atoms with Crippen molar-refractivity contribution in [1.82, 2.24) is 4.57 Å². The lowest BCUT2D eigenvalue weighted by Gasteiger charge is -2.08. The lowest BCUT2D eigenvalue weighted by atomic mass is 10.2. The number of hydrogen-bond acceptors (Lipinski definition) is 3. The highest BCUT2D eigenvalue weighted by Gasteiger charge is 2.06. The van der Waals surface area contributed by atoms with Crippen molar-refractivity contribution in [2.75, 3.05) is 0 Å². The van der Waals surface area contributed by atoms with E-state index in [0.29, 0.717) is 6.54 Å². The van der Waals surface area contributed by atoms with Crippen molar-refractivity contribution >= 4 is 23.4 Å². The monoisotopic (exact) mass is 275 g/mol. The van der Waals surface area contributed by atoms with Crippen molar-refractivity contribution in [3.05, 3.63) is 62.2 Å². The standard InChI is InChI=1S/C14H13NO3S/c1-10-3-2-4-13(16)15(10)9-12-11(7-8-19-12)5-6-14(17)18/h2-8H,9H2,1H3,(H,17,18). The van der Waals surface area contributed by atoms with Crippen LogP contribution in [0.3, 0.4) is 0 Å². The minimum Gasteiger partial charge on any atom is -0.478 e. The molecule has 0 saturated heterocycles. The van der Waals surface area contributed by atoms with E-state index in [1.54, 1.807) is 16.7 Å². The summed E-state index contributed by atoms with van der Waals surface area (Å²) in [4.78, 5) is 23.3. The Morgan fingerprint density at radius 1 is 1.42 bits per heavy atom. The third kappa shape index (κ3) is 3.20. The number of thiophene rings is 1. The number of aliphatic carboxylic acids is 1. The zero-order chi connectivity index (χ0) is 13.8. The lowest BCUT2D eigenvalue weighted by Crippen LogP contribution is -2.21. The average Bonchev–Trinajstić information content (AvgIpc) is 2.79. The number of rotatable bonds is 4. The summed E-state index contributed by atoms with van der Waals surface area (Å²) in [6.07, 6.45) is 2.66. The largest absolute Gasteiger partial charge is 0.478 e.